The number of carboxylic acids is 1. The molecule has 5 nitrogen and oxygen atoms in total. The van der Waals surface area contributed by atoms with Gasteiger partial charge in [0.1, 0.15) is 5.82 Å². The first-order chi connectivity index (χ1) is 9.99. The molecule has 0 radical (unpaired) electrons. The molecule has 21 heavy (non-hydrogen) atoms. The maximum absolute atomic E-state index is 13.0. The lowest BCUT2D eigenvalue weighted by atomic mass is 9.74. The van der Waals surface area contributed by atoms with E-state index in [1.165, 1.54) is 12.1 Å². The molecule has 0 unspecified atom stereocenters. The maximum Gasteiger partial charge on any atom is 0.315 e. The Labute approximate surface area is 122 Å². The number of carboxylic acid groups (broad SMARTS) is 1. The summed E-state index contributed by atoms with van der Waals surface area (Å²) < 4.78 is 13.0. The molecule has 2 amide bonds. The van der Waals surface area contributed by atoms with Gasteiger partial charge in [-0.1, -0.05) is 12.1 Å². The number of amides is 2. The smallest absolute Gasteiger partial charge is 0.315 e. The van der Waals surface area contributed by atoms with Gasteiger partial charge in [-0.25, -0.2) is 9.18 Å². The van der Waals surface area contributed by atoms with Crippen molar-refractivity contribution in [3.05, 3.63) is 35.6 Å². The van der Waals surface area contributed by atoms with E-state index >= 15 is 0 Å². The predicted octanol–water partition coefficient (Wildman–Crippen LogP) is 2.06. The lowest BCUT2D eigenvalue weighted by molar-refractivity contribution is -0.139. The van der Waals surface area contributed by atoms with Gasteiger partial charge in [0, 0.05) is 6.54 Å². The van der Waals surface area contributed by atoms with E-state index in [9.17, 15) is 14.0 Å². The van der Waals surface area contributed by atoms with E-state index in [0.29, 0.717) is 25.8 Å². The van der Waals surface area contributed by atoms with Gasteiger partial charge < -0.3 is 15.7 Å². The monoisotopic (exact) mass is 294 g/mol. The fourth-order valence-electron chi connectivity index (χ4n) is 2.54. The number of aliphatic carboxylic acids is 1. The van der Waals surface area contributed by atoms with Crippen LogP contribution in [0.2, 0.25) is 0 Å². The van der Waals surface area contributed by atoms with E-state index in [-0.39, 0.29) is 18.3 Å². The second-order valence-corrected chi connectivity index (χ2v) is 5.47. The summed E-state index contributed by atoms with van der Waals surface area (Å²) in [5.41, 5.74) is 0.202. The molecular formula is C15H19FN2O3. The fourth-order valence-corrected chi connectivity index (χ4v) is 2.54. The molecule has 0 aromatic heterocycles. The van der Waals surface area contributed by atoms with E-state index < -0.39 is 11.5 Å². The van der Waals surface area contributed by atoms with Crippen LogP contribution in [0.1, 0.15) is 31.2 Å². The summed E-state index contributed by atoms with van der Waals surface area (Å²) in [7, 11) is 0. The van der Waals surface area contributed by atoms with E-state index in [1.807, 2.05) is 0 Å². The zero-order valence-electron chi connectivity index (χ0n) is 11.7. The zero-order valence-corrected chi connectivity index (χ0v) is 11.7. The highest BCUT2D eigenvalue weighted by molar-refractivity contribution is 5.77. The lowest BCUT2D eigenvalue weighted by Gasteiger charge is -2.41. The van der Waals surface area contributed by atoms with Gasteiger partial charge in [-0.2, -0.15) is 0 Å². The summed E-state index contributed by atoms with van der Waals surface area (Å²) in [4.78, 5) is 22.6. The lowest BCUT2D eigenvalue weighted by Crippen LogP contribution is -2.57. The molecule has 0 aliphatic heterocycles. The van der Waals surface area contributed by atoms with Crippen molar-refractivity contribution >= 4 is 12.0 Å². The first kappa shape index (κ1) is 15.3. The topological polar surface area (TPSA) is 78.4 Å². The molecule has 0 atom stereocenters. The Morgan fingerprint density at radius 3 is 2.67 bits per heavy atom. The molecule has 2 rings (SSSR count). The third-order valence-corrected chi connectivity index (χ3v) is 3.77. The summed E-state index contributed by atoms with van der Waals surface area (Å²) in [6.07, 6.45) is 2.78. The number of carbonyl (C=O) groups excluding carboxylic acids is 1. The molecule has 1 aliphatic carbocycles. The molecule has 1 aliphatic rings. The molecule has 6 heteroatoms. The van der Waals surface area contributed by atoms with Crippen LogP contribution in [-0.2, 0) is 11.2 Å². The quantitative estimate of drug-likeness (QED) is 0.751. The van der Waals surface area contributed by atoms with Crippen LogP contribution in [0.15, 0.2) is 24.3 Å². The molecule has 1 aromatic carbocycles. The van der Waals surface area contributed by atoms with Gasteiger partial charge in [0.05, 0.1) is 12.0 Å². The van der Waals surface area contributed by atoms with Crippen molar-refractivity contribution < 1.29 is 19.1 Å². The van der Waals surface area contributed by atoms with Gasteiger partial charge in [-0.05, 0) is 43.4 Å². The number of nitrogens with one attached hydrogen (secondary N) is 2. The van der Waals surface area contributed by atoms with Crippen LogP contribution < -0.4 is 10.6 Å². The van der Waals surface area contributed by atoms with Gasteiger partial charge in [0.2, 0.25) is 0 Å². The molecule has 114 valence electrons. The summed E-state index contributed by atoms with van der Waals surface area (Å²) in [5, 5.41) is 14.3. The minimum atomic E-state index is -0.908. The molecule has 1 aromatic rings. The summed E-state index contributed by atoms with van der Waals surface area (Å²) in [6, 6.07) is 5.85. The van der Waals surface area contributed by atoms with Gasteiger partial charge >= 0.3 is 12.0 Å². The highest BCUT2D eigenvalue weighted by Gasteiger charge is 2.40. The Hall–Kier alpha value is -2.11. The Bertz CT molecular complexity index is 529. The normalized spacial score (nSPS) is 15.9. The Kier molecular flexibility index (Phi) is 4.77. The van der Waals surface area contributed by atoms with E-state index in [2.05, 4.69) is 10.6 Å². The molecular weight excluding hydrogens is 275 g/mol. The van der Waals surface area contributed by atoms with Crippen LogP contribution in [0, 0.1) is 5.82 Å². The molecule has 1 saturated carbocycles. The minimum absolute atomic E-state index is 0.0513. The van der Waals surface area contributed by atoms with E-state index in [1.54, 1.807) is 12.1 Å². The first-order valence-electron chi connectivity index (χ1n) is 7.01. The second kappa shape index (κ2) is 6.56. The largest absolute Gasteiger partial charge is 0.481 e. The SMILES string of the molecule is O=C(O)CC1(NC(=O)NCCc2cccc(F)c2)CCC1. The summed E-state index contributed by atoms with van der Waals surface area (Å²) in [6.45, 7) is 0.373. The highest BCUT2D eigenvalue weighted by Crippen LogP contribution is 2.34. The van der Waals surface area contributed by atoms with Crippen LogP contribution in [-0.4, -0.2) is 29.2 Å². The van der Waals surface area contributed by atoms with Crippen molar-refractivity contribution in [2.75, 3.05) is 6.54 Å². The van der Waals surface area contributed by atoms with Crippen LogP contribution in [0.25, 0.3) is 0 Å². The van der Waals surface area contributed by atoms with E-state index in [0.717, 1.165) is 12.0 Å². The van der Waals surface area contributed by atoms with Crippen molar-refractivity contribution in [2.24, 2.45) is 0 Å². The average molecular weight is 294 g/mol. The Morgan fingerprint density at radius 1 is 1.33 bits per heavy atom. The molecule has 0 bridgehead atoms. The number of urea groups is 1. The third kappa shape index (κ3) is 4.44. The van der Waals surface area contributed by atoms with Crippen LogP contribution in [0.5, 0.6) is 0 Å². The summed E-state index contributed by atoms with van der Waals surface area (Å²) in [5.74, 6) is -1.21. The zero-order chi connectivity index (χ0) is 15.3. The van der Waals surface area contributed by atoms with Gasteiger partial charge in [0.15, 0.2) is 0 Å². The summed E-state index contributed by atoms with van der Waals surface area (Å²) >= 11 is 0. The highest BCUT2D eigenvalue weighted by atomic mass is 19.1. The minimum Gasteiger partial charge on any atom is -0.481 e. The van der Waals surface area contributed by atoms with Crippen LogP contribution in [0.4, 0.5) is 9.18 Å². The molecule has 0 saturated heterocycles. The second-order valence-electron chi connectivity index (χ2n) is 5.47. The average Bonchev–Trinajstić information content (AvgIpc) is 2.35. The molecule has 0 spiro atoms. The third-order valence-electron chi connectivity index (χ3n) is 3.77. The number of rotatable bonds is 6. The van der Waals surface area contributed by atoms with Gasteiger partial charge in [-0.15, -0.1) is 0 Å². The maximum atomic E-state index is 13.0. The fraction of sp³-hybridized carbons (Fsp3) is 0.467. The van der Waals surface area contributed by atoms with Gasteiger partial charge in [0.25, 0.3) is 0 Å². The molecule has 0 heterocycles. The van der Waals surface area contributed by atoms with Crippen molar-refractivity contribution in [3.63, 3.8) is 0 Å². The number of hydrogen-bond donors (Lipinski definition) is 3. The van der Waals surface area contributed by atoms with Crippen molar-refractivity contribution in [3.8, 4) is 0 Å². The van der Waals surface area contributed by atoms with Crippen molar-refractivity contribution in [1.82, 2.24) is 10.6 Å². The van der Waals surface area contributed by atoms with E-state index in [4.69, 9.17) is 5.11 Å². The molecule has 1 fully saturated rings. The first-order valence-corrected chi connectivity index (χ1v) is 7.01. The number of halogens is 1. The molecule has 3 N–H and O–H groups in total. The van der Waals surface area contributed by atoms with Crippen molar-refractivity contribution in [2.45, 2.75) is 37.6 Å². The van der Waals surface area contributed by atoms with Gasteiger partial charge in [-0.3, -0.25) is 4.79 Å². The number of carbonyl (C=O) groups is 2. The van der Waals surface area contributed by atoms with Crippen molar-refractivity contribution in [1.29, 1.82) is 0 Å². The Balaban J connectivity index is 1.76. The predicted molar refractivity (Wildman–Crippen MR) is 75.5 cm³/mol. The number of benzene rings is 1. The van der Waals surface area contributed by atoms with Crippen LogP contribution in [0.3, 0.4) is 0 Å². The van der Waals surface area contributed by atoms with Crippen LogP contribution >= 0.6 is 0 Å². The Morgan fingerprint density at radius 2 is 2.10 bits per heavy atom. The standard InChI is InChI=1S/C15H19FN2O3/c16-12-4-1-3-11(9-12)5-8-17-14(21)18-15(6-2-7-15)10-13(19)20/h1,3-4,9H,2,5-8,10H2,(H,19,20)(H2,17,18,21). The number of hydrogen-bond acceptors (Lipinski definition) is 2.